The van der Waals surface area contributed by atoms with Gasteiger partial charge in [0.2, 0.25) is 15.9 Å². The number of nitrogens with one attached hydrogen (secondary N) is 1. The summed E-state index contributed by atoms with van der Waals surface area (Å²) in [4.78, 5) is 12.1. The molecule has 0 aliphatic carbocycles. The molecule has 5 nitrogen and oxygen atoms in total. The van der Waals surface area contributed by atoms with Gasteiger partial charge < -0.3 is 5.32 Å². The Labute approximate surface area is 153 Å². The minimum absolute atomic E-state index is 0.0469. The van der Waals surface area contributed by atoms with Crippen LogP contribution in [0.5, 0.6) is 0 Å². The lowest BCUT2D eigenvalue weighted by molar-refractivity contribution is -0.116. The number of carbonyl (C=O) groups excluding carboxylic acids is 1. The molecule has 25 heavy (non-hydrogen) atoms. The molecule has 0 aliphatic rings. The van der Waals surface area contributed by atoms with E-state index in [9.17, 15) is 13.2 Å². The molecule has 2 aromatic carbocycles. The standard InChI is InChI=1S/C18H21ClN2O3S/c1-3-14-4-10-17(11-5-14)21(25(2,23)24)13-12-18(22)20-16-8-6-15(19)7-9-16/h4-11H,3,12-13H2,1-2H3,(H,20,22). The summed E-state index contributed by atoms with van der Waals surface area (Å²) in [6.07, 6.45) is 2.06. The number of nitrogens with zero attached hydrogens (tertiary/aromatic N) is 1. The largest absolute Gasteiger partial charge is 0.326 e. The third kappa shape index (κ3) is 5.76. The average molecular weight is 381 g/mol. The monoisotopic (exact) mass is 380 g/mol. The van der Waals surface area contributed by atoms with Crippen molar-refractivity contribution in [2.24, 2.45) is 0 Å². The van der Waals surface area contributed by atoms with E-state index in [0.29, 0.717) is 16.4 Å². The van der Waals surface area contributed by atoms with Crippen molar-refractivity contribution in [2.75, 3.05) is 22.4 Å². The first-order valence-corrected chi connectivity index (χ1v) is 10.1. The van der Waals surface area contributed by atoms with Gasteiger partial charge in [-0.25, -0.2) is 8.42 Å². The van der Waals surface area contributed by atoms with E-state index in [-0.39, 0.29) is 18.9 Å². The summed E-state index contributed by atoms with van der Waals surface area (Å²) in [5.74, 6) is -0.263. The van der Waals surface area contributed by atoms with Crippen LogP contribution >= 0.6 is 11.6 Å². The van der Waals surface area contributed by atoms with Crippen molar-refractivity contribution >= 4 is 38.9 Å². The summed E-state index contributed by atoms with van der Waals surface area (Å²) < 4.78 is 25.4. The van der Waals surface area contributed by atoms with Gasteiger partial charge in [0.1, 0.15) is 0 Å². The third-order valence-electron chi connectivity index (χ3n) is 3.70. The van der Waals surface area contributed by atoms with Crippen molar-refractivity contribution in [3.63, 3.8) is 0 Å². The van der Waals surface area contributed by atoms with Crippen LogP contribution in [0, 0.1) is 0 Å². The molecule has 0 radical (unpaired) electrons. The van der Waals surface area contributed by atoms with Crippen LogP contribution in [0.2, 0.25) is 5.02 Å². The number of anilines is 2. The number of hydrogen-bond acceptors (Lipinski definition) is 3. The fourth-order valence-electron chi connectivity index (χ4n) is 2.34. The molecule has 1 N–H and O–H groups in total. The molecule has 2 rings (SSSR count). The topological polar surface area (TPSA) is 66.5 Å². The Hall–Kier alpha value is -2.05. The molecule has 0 aliphatic heterocycles. The number of hydrogen-bond donors (Lipinski definition) is 1. The van der Waals surface area contributed by atoms with Crippen LogP contribution in [-0.2, 0) is 21.2 Å². The fourth-order valence-corrected chi connectivity index (χ4v) is 3.40. The Bertz CT molecular complexity index is 818. The quantitative estimate of drug-likeness (QED) is 0.796. The third-order valence-corrected chi connectivity index (χ3v) is 5.15. The zero-order valence-corrected chi connectivity index (χ0v) is 15.8. The molecule has 0 atom stereocenters. The number of benzene rings is 2. The molecule has 0 saturated carbocycles. The van der Waals surface area contributed by atoms with Crippen molar-refractivity contribution in [2.45, 2.75) is 19.8 Å². The van der Waals surface area contributed by atoms with Gasteiger partial charge in [-0.15, -0.1) is 0 Å². The summed E-state index contributed by atoms with van der Waals surface area (Å²) in [5, 5.41) is 3.31. The first-order chi connectivity index (χ1) is 11.8. The molecule has 0 bridgehead atoms. The van der Waals surface area contributed by atoms with E-state index in [1.807, 2.05) is 19.1 Å². The molecule has 7 heteroatoms. The predicted molar refractivity (Wildman–Crippen MR) is 103 cm³/mol. The molecule has 0 aromatic heterocycles. The van der Waals surface area contributed by atoms with E-state index in [1.54, 1.807) is 36.4 Å². The van der Waals surface area contributed by atoms with Crippen LogP contribution < -0.4 is 9.62 Å². The molecule has 2 aromatic rings. The first-order valence-electron chi connectivity index (χ1n) is 7.91. The Balaban J connectivity index is 2.04. The molecular weight excluding hydrogens is 360 g/mol. The van der Waals surface area contributed by atoms with Gasteiger partial charge in [-0.05, 0) is 48.4 Å². The Morgan fingerprint density at radius 3 is 2.20 bits per heavy atom. The molecular formula is C18H21ClN2O3S. The van der Waals surface area contributed by atoms with Gasteiger partial charge in [-0.1, -0.05) is 30.7 Å². The van der Waals surface area contributed by atoms with Gasteiger partial charge in [0.15, 0.2) is 0 Å². The van der Waals surface area contributed by atoms with Gasteiger partial charge in [0.05, 0.1) is 11.9 Å². The van der Waals surface area contributed by atoms with Crippen LogP contribution in [0.3, 0.4) is 0 Å². The summed E-state index contributed by atoms with van der Waals surface area (Å²) in [7, 11) is -3.48. The smallest absolute Gasteiger partial charge is 0.232 e. The number of amides is 1. The van der Waals surface area contributed by atoms with Crippen molar-refractivity contribution in [3.8, 4) is 0 Å². The van der Waals surface area contributed by atoms with Gasteiger partial charge >= 0.3 is 0 Å². The highest BCUT2D eigenvalue weighted by molar-refractivity contribution is 7.92. The maximum absolute atomic E-state index is 12.1. The maximum Gasteiger partial charge on any atom is 0.232 e. The van der Waals surface area contributed by atoms with Crippen LogP contribution in [-0.4, -0.2) is 27.1 Å². The second-order valence-corrected chi connectivity index (χ2v) is 8.00. The molecule has 0 spiro atoms. The highest BCUT2D eigenvalue weighted by atomic mass is 35.5. The van der Waals surface area contributed by atoms with Crippen LogP contribution in [0.15, 0.2) is 48.5 Å². The number of carbonyl (C=O) groups is 1. The Morgan fingerprint density at radius 2 is 1.68 bits per heavy atom. The zero-order chi connectivity index (χ0) is 18.4. The van der Waals surface area contributed by atoms with Crippen molar-refractivity contribution in [1.29, 1.82) is 0 Å². The van der Waals surface area contributed by atoms with Crippen molar-refractivity contribution in [1.82, 2.24) is 0 Å². The van der Waals surface area contributed by atoms with Crippen molar-refractivity contribution < 1.29 is 13.2 Å². The first kappa shape index (κ1) is 19.3. The summed E-state index contributed by atoms with van der Waals surface area (Å²) in [6.45, 7) is 2.11. The SMILES string of the molecule is CCc1ccc(N(CCC(=O)Nc2ccc(Cl)cc2)S(C)(=O)=O)cc1. The second kappa shape index (κ2) is 8.36. The maximum atomic E-state index is 12.1. The summed E-state index contributed by atoms with van der Waals surface area (Å²) in [6, 6.07) is 14.0. The second-order valence-electron chi connectivity index (χ2n) is 5.66. The van der Waals surface area contributed by atoms with Gasteiger partial charge in [0, 0.05) is 23.7 Å². The van der Waals surface area contributed by atoms with Gasteiger partial charge in [0.25, 0.3) is 0 Å². The van der Waals surface area contributed by atoms with Gasteiger partial charge in [-0.3, -0.25) is 9.10 Å². The van der Waals surface area contributed by atoms with Crippen LogP contribution in [0.1, 0.15) is 18.9 Å². The van der Waals surface area contributed by atoms with Crippen molar-refractivity contribution in [3.05, 3.63) is 59.1 Å². The molecule has 0 saturated heterocycles. The predicted octanol–water partition coefficient (Wildman–Crippen LogP) is 3.70. The molecule has 0 unspecified atom stereocenters. The van der Waals surface area contributed by atoms with E-state index >= 15 is 0 Å². The Kier molecular flexibility index (Phi) is 6.45. The molecule has 0 fully saturated rings. The number of halogens is 1. The minimum atomic E-state index is -3.48. The van der Waals surface area contributed by atoms with Crippen LogP contribution in [0.25, 0.3) is 0 Å². The number of rotatable bonds is 7. The molecule has 0 heterocycles. The van der Waals surface area contributed by atoms with Gasteiger partial charge in [-0.2, -0.15) is 0 Å². The average Bonchev–Trinajstić information content (AvgIpc) is 2.56. The highest BCUT2D eigenvalue weighted by Crippen LogP contribution is 2.19. The number of aryl methyl sites for hydroxylation is 1. The zero-order valence-electron chi connectivity index (χ0n) is 14.2. The molecule has 1 amide bonds. The van der Waals surface area contributed by atoms with E-state index in [0.717, 1.165) is 18.2 Å². The lowest BCUT2D eigenvalue weighted by atomic mass is 10.1. The van der Waals surface area contributed by atoms with E-state index in [2.05, 4.69) is 5.32 Å². The fraction of sp³-hybridized carbons (Fsp3) is 0.278. The number of sulfonamides is 1. The van der Waals surface area contributed by atoms with Crippen LogP contribution in [0.4, 0.5) is 11.4 Å². The van der Waals surface area contributed by atoms with E-state index in [1.165, 1.54) is 4.31 Å². The summed E-state index contributed by atoms with van der Waals surface area (Å²) in [5.41, 5.74) is 2.30. The minimum Gasteiger partial charge on any atom is -0.326 e. The molecule has 134 valence electrons. The highest BCUT2D eigenvalue weighted by Gasteiger charge is 2.18. The van der Waals surface area contributed by atoms with E-state index < -0.39 is 10.0 Å². The van der Waals surface area contributed by atoms with E-state index in [4.69, 9.17) is 11.6 Å². The summed E-state index contributed by atoms with van der Waals surface area (Å²) >= 11 is 5.80. The lowest BCUT2D eigenvalue weighted by Crippen LogP contribution is -2.33. The normalized spacial score (nSPS) is 11.2. The lowest BCUT2D eigenvalue weighted by Gasteiger charge is -2.22. The Morgan fingerprint density at radius 1 is 1.08 bits per heavy atom.